The molecule has 0 aliphatic rings. The van der Waals surface area contributed by atoms with Gasteiger partial charge in [-0.05, 0) is 31.5 Å². The second kappa shape index (κ2) is 7.47. The van der Waals surface area contributed by atoms with Crippen LogP contribution in [0.3, 0.4) is 0 Å². The Morgan fingerprint density at radius 2 is 2.04 bits per heavy atom. The molecule has 3 N–H and O–H groups in total. The van der Waals surface area contributed by atoms with Crippen molar-refractivity contribution in [1.29, 1.82) is 0 Å². The summed E-state index contributed by atoms with van der Waals surface area (Å²) in [5.41, 5.74) is 0.716. The van der Waals surface area contributed by atoms with E-state index in [2.05, 4.69) is 15.5 Å². The van der Waals surface area contributed by atoms with Gasteiger partial charge in [-0.15, -0.1) is 10.2 Å². The van der Waals surface area contributed by atoms with Crippen molar-refractivity contribution in [2.45, 2.75) is 25.0 Å². The van der Waals surface area contributed by atoms with E-state index in [9.17, 15) is 9.59 Å². The molecule has 1 atom stereocenters. The predicted octanol–water partition coefficient (Wildman–Crippen LogP) is 1.28. The second-order valence-corrected chi connectivity index (χ2v) is 6.25. The quantitative estimate of drug-likeness (QED) is 0.620. The van der Waals surface area contributed by atoms with E-state index >= 15 is 0 Å². The molecule has 1 aromatic carbocycles. The van der Waals surface area contributed by atoms with E-state index < -0.39 is 5.56 Å². The number of aromatic nitrogens is 3. The van der Waals surface area contributed by atoms with Crippen LogP contribution in [0.15, 0.2) is 34.2 Å². The highest BCUT2D eigenvalue weighted by atomic mass is 35.5. The number of halogens is 1. The van der Waals surface area contributed by atoms with Gasteiger partial charge >= 0.3 is 0 Å². The number of hydrogen-bond donors (Lipinski definition) is 2. The summed E-state index contributed by atoms with van der Waals surface area (Å²) in [6, 6.07) is 7.07. The van der Waals surface area contributed by atoms with Crippen LogP contribution in [0.25, 0.3) is 0 Å². The van der Waals surface area contributed by atoms with Crippen molar-refractivity contribution >= 4 is 29.3 Å². The first-order valence-electron chi connectivity index (χ1n) is 6.77. The lowest BCUT2D eigenvalue weighted by Crippen LogP contribution is -2.33. The molecule has 1 amide bonds. The summed E-state index contributed by atoms with van der Waals surface area (Å²) in [6.45, 7) is 3.39. The van der Waals surface area contributed by atoms with Gasteiger partial charge in [-0.2, -0.15) is 4.68 Å². The molecule has 0 fully saturated rings. The Morgan fingerprint density at radius 3 is 2.70 bits per heavy atom. The van der Waals surface area contributed by atoms with Crippen molar-refractivity contribution in [2.24, 2.45) is 0 Å². The number of rotatable bonds is 5. The number of aryl methyl sites for hydroxylation is 1. The van der Waals surface area contributed by atoms with Gasteiger partial charge in [-0.25, -0.2) is 0 Å². The Morgan fingerprint density at radius 1 is 1.39 bits per heavy atom. The van der Waals surface area contributed by atoms with Crippen LogP contribution in [0, 0.1) is 6.92 Å². The lowest BCUT2D eigenvalue weighted by atomic mass is 10.1. The fourth-order valence-electron chi connectivity index (χ4n) is 1.82. The van der Waals surface area contributed by atoms with Crippen molar-refractivity contribution in [3.05, 3.63) is 50.9 Å². The highest BCUT2D eigenvalue weighted by Crippen LogP contribution is 2.17. The molecule has 0 aliphatic heterocycles. The van der Waals surface area contributed by atoms with Gasteiger partial charge < -0.3 is 11.2 Å². The Balaban J connectivity index is 1.94. The van der Waals surface area contributed by atoms with E-state index in [-0.39, 0.29) is 28.6 Å². The number of carbonyl (C=O) groups is 1. The molecule has 2 rings (SSSR count). The molecule has 1 heterocycles. The predicted molar refractivity (Wildman–Crippen MR) is 89.9 cm³/mol. The van der Waals surface area contributed by atoms with E-state index in [1.54, 1.807) is 12.1 Å². The molecule has 1 aromatic heterocycles. The third-order valence-electron chi connectivity index (χ3n) is 3.10. The van der Waals surface area contributed by atoms with Gasteiger partial charge in [0, 0.05) is 5.02 Å². The summed E-state index contributed by atoms with van der Waals surface area (Å²) in [5, 5.41) is 11.2. The molecule has 122 valence electrons. The first-order valence-corrected chi connectivity index (χ1v) is 8.14. The fourth-order valence-corrected chi connectivity index (χ4v) is 2.61. The van der Waals surface area contributed by atoms with Gasteiger partial charge in [0.25, 0.3) is 5.56 Å². The maximum absolute atomic E-state index is 12.0. The summed E-state index contributed by atoms with van der Waals surface area (Å²) in [6.07, 6.45) is 0. The number of benzene rings is 1. The van der Waals surface area contributed by atoms with Gasteiger partial charge in [0.2, 0.25) is 11.1 Å². The maximum atomic E-state index is 12.0. The molecule has 0 saturated carbocycles. The maximum Gasteiger partial charge on any atom is 0.294 e. The minimum atomic E-state index is -0.433. The molecule has 0 bridgehead atoms. The number of thioether (sulfide) groups is 1. The smallest absolute Gasteiger partial charge is 0.294 e. The van der Waals surface area contributed by atoms with Gasteiger partial charge in [0.15, 0.2) is 0 Å². The number of nitrogens with two attached hydrogens (primary N) is 1. The lowest BCUT2D eigenvalue weighted by molar-refractivity contribution is -0.119. The summed E-state index contributed by atoms with van der Waals surface area (Å²) < 4.78 is 0.892. The van der Waals surface area contributed by atoms with Crippen LogP contribution in [0.4, 0.5) is 0 Å². The summed E-state index contributed by atoms with van der Waals surface area (Å²) in [5.74, 6) is 5.49. The second-order valence-electron chi connectivity index (χ2n) is 4.87. The van der Waals surface area contributed by atoms with Gasteiger partial charge in [-0.3, -0.25) is 9.59 Å². The van der Waals surface area contributed by atoms with Crippen LogP contribution in [0.1, 0.15) is 24.2 Å². The molecule has 0 radical (unpaired) electrons. The van der Waals surface area contributed by atoms with Crippen molar-refractivity contribution in [1.82, 2.24) is 20.2 Å². The molecule has 9 heteroatoms. The molecule has 0 spiro atoms. The molecule has 2 aromatic rings. The Labute approximate surface area is 142 Å². The number of carbonyl (C=O) groups excluding carboxylic acids is 1. The van der Waals surface area contributed by atoms with Crippen LogP contribution >= 0.6 is 23.4 Å². The topological polar surface area (TPSA) is 103 Å². The van der Waals surface area contributed by atoms with Crippen LogP contribution < -0.4 is 16.7 Å². The lowest BCUT2D eigenvalue weighted by Gasteiger charge is -2.14. The zero-order valence-corrected chi connectivity index (χ0v) is 14.2. The first-order chi connectivity index (χ1) is 10.9. The van der Waals surface area contributed by atoms with E-state index in [4.69, 9.17) is 17.4 Å². The molecule has 7 nitrogen and oxygen atoms in total. The van der Waals surface area contributed by atoms with Crippen LogP contribution in [0.2, 0.25) is 5.02 Å². The Hall–Kier alpha value is -2.06. The molecular formula is C14H16ClN5O2S. The van der Waals surface area contributed by atoms with E-state index in [1.807, 2.05) is 19.1 Å². The van der Waals surface area contributed by atoms with Crippen molar-refractivity contribution in [2.75, 3.05) is 11.6 Å². The van der Waals surface area contributed by atoms with E-state index in [0.29, 0.717) is 5.02 Å². The van der Waals surface area contributed by atoms with Crippen LogP contribution in [0.5, 0.6) is 0 Å². The summed E-state index contributed by atoms with van der Waals surface area (Å²) in [4.78, 5) is 23.6. The third-order valence-corrected chi connectivity index (χ3v) is 4.29. The minimum Gasteiger partial charge on any atom is -0.349 e. The molecule has 0 unspecified atom stereocenters. The highest BCUT2D eigenvalue weighted by molar-refractivity contribution is 7.99. The largest absolute Gasteiger partial charge is 0.349 e. The normalized spacial score (nSPS) is 12.0. The highest BCUT2D eigenvalue weighted by Gasteiger charge is 2.13. The van der Waals surface area contributed by atoms with Gasteiger partial charge in [-0.1, -0.05) is 35.5 Å². The molecule has 0 saturated heterocycles. The zero-order valence-electron chi connectivity index (χ0n) is 12.6. The number of amides is 1. The van der Waals surface area contributed by atoms with Crippen molar-refractivity contribution < 1.29 is 4.79 Å². The summed E-state index contributed by atoms with van der Waals surface area (Å²) >= 11 is 6.88. The van der Waals surface area contributed by atoms with Crippen molar-refractivity contribution in [3.63, 3.8) is 0 Å². The monoisotopic (exact) mass is 353 g/mol. The fraction of sp³-hybridized carbons (Fsp3) is 0.286. The average Bonchev–Trinajstić information content (AvgIpc) is 2.52. The first kappa shape index (κ1) is 17.3. The molecule has 23 heavy (non-hydrogen) atoms. The standard InChI is InChI=1S/C14H16ClN5O2S/c1-8(10-3-5-11(15)6-4-10)17-12(21)7-23-14-19-18-9(2)13(22)20(14)16/h3-6,8H,7,16H2,1-2H3,(H,17,21)/t8-/m1/s1. The number of nitrogen functional groups attached to an aromatic ring is 1. The number of hydrogen-bond acceptors (Lipinski definition) is 6. The number of nitrogens with one attached hydrogen (secondary N) is 1. The van der Waals surface area contributed by atoms with Crippen LogP contribution in [-0.4, -0.2) is 26.5 Å². The Kier molecular flexibility index (Phi) is 5.62. The van der Waals surface area contributed by atoms with Gasteiger partial charge in [0.1, 0.15) is 5.69 Å². The molecule has 0 aliphatic carbocycles. The Bertz CT molecular complexity index is 763. The van der Waals surface area contributed by atoms with Crippen molar-refractivity contribution in [3.8, 4) is 0 Å². The van der Waals surface area contributed by atoms with Crippen LogP contribution in [-0.2, 0) is 4.79 Å². The third kappa shape index (κ3) is 4.46. The molecular weight excluding hydrogens is 338 g/mol. The average molecular weight is 354 g/mol. The minimum absolute atomic E-state index is 0.0757. The SMILES string of the molecule is Cc1nnc(SCC(=O)N[C@H](C)c2ccc(Cl)cc2)n(N)c1=O. The summed E-state index contributed by atoms with van der Waals surface area (Å²) in [7, 11) is 0. The zero-order chi connectivity index (χ0) is 17.0. The number of nitrogens with zero attached hydrogens (tertiary/aromatic N) is 3. The van der Waals surface area contributed by atoms with Gasteiger partial charge in [0.05, 0.1) is 11.8 Å². The van der Waals surface area contributed by atoms with E-state index in [1.165, 1.54) is 6.92 Å². The van der Waals surface area contributed by atoms with E-state index in [0.717, 1.165) is 22.0 Å².